The molecule has 0 saturated carbocycles. The summed E-state index contributed by atoms with van der Waals surface area (Å²) in [4.78, 5) is 6.83. The first-order valence-corrected chi connectivity index (χ1v) is 7.57. The summed E-state index contributed by atoms with van der Waals surface area (Å²) in [5.74, 6) is 0. The van der Waals surface area contributed by atoms with Crippen molar-refractivity contribution >= 4 is 0 Å². The number of aromatic nitrogens is 1. The number of rotatable bonds is 5. The fourth-order valence-electron chi connectivity index (χ4n) is 3.14. The van der Waals surface area contributed by atoms with E-state index < -0.39 is 0 Å². The first-order valence-electron chi connectivity index (χ1n) is 7.57. The number of likely N-dealkylation sites (tertiary alicyclic amines) is 1. The molecule has 0 atom stereocenters. The first kappa shape index (κ1) is 14.5. The molecule has 0 amide bonds. The van der Waals surface area contributed by atoms with Crippen molar-refractivity contribution in [1.29, 1.82) is 0 Å². The summed E-state index contributed by atoms with van der Waals surface area (Å²) in [6, 6.07) is 4.25. The molecule has 2 heterocycles. The van der Waals surface area contributed by atoms with Gasteiger partial charge in [0.1, 0.15) is 0 Å². The van der Waals surface area contributed by atoms with Crippen LogP contribution in [0.1, 0.15) is 50.8 Å². The summed E-state index contributed by atoms with van der Waals surface area (Å²) in [5, 5.41) is 0. The fourth-order valence-corrected chi connectivity index (χ4v) is 3.14. The molecular formula is C16H27N3. The van der Waals surface area contributed by atoms with Gasteiger partial charge in [-0.25, -0.2) is 0 Å². The highest BCUT2D eigenvalue weighted by Gasteiger charge is 2.30. The van der Waals surface area contributed by atoms with Gasteiger partial charge >= 0.3 is 0 Å². The van der Waals surface area contributed by atoms with E-state index in [9.17, 15) is 0 Å². The predicted molar refractivity (Wildman–Crippen MR) is 79.7 cm³/mol. The Morgan fingerprint density at radius 1 is 1.26 bits per heavy atom. The Labute approximate surface area is 117 Å². The second kappa shape index (κ2) is 6.49. The number of hydrogen-bond acceptors (Lipinski definition) is 3. The lowest BCUT2D eigenvalue weighted by Gasteiger charge is -2.41. The molecule has 3 nitrogen and oxygen atoms in total. The summed E-state index contributed by atoms with van der Waals surface area (Å²) in [5.41, 5.74) is 8.59. The van der Waals surface area contributed by atoms with Gasteiger partial charge in [-0.1, -0.05) is 26.7 Å². The number of nitrogens with two attached hydrogens (primary N) is 1. The lowest BCUT2D eigenvalue weighted by Crippen LogP contribution is -2.39. The lowest BCUT2D eigenvalue weighted by atomic mass is 9.74. The first-order chi connectivity index (χ1) is 9.21. The molecular weight excluding hydrogens is 234 g/mol. The third kappa shape index (κ3) is 3.54. The van der Waals surface area contributed by atoms with Gasteiger partial charge in [0.05, 0.1) is 5.69 Å². The monoisotopic (exact) mass is 261 g/mol. The van der Waals surface area contributed by atoms with E-state index in [1.807, 2.05) is 6.20 Å². The molecule has 0 unspecified atom stereocenters. The quantitative estimate of drug-likeness (QED) is 0.886. The standard InChI is InChI=1S/C16H27N3/c1-3-16(4-2)6-9-19(10-7-16)13-14-5-8-18-15(11-14)12-17/h5,8,11H,3-4,6-7,9-10,12-13,17H2,1-2H3. The van der Waals surface area contributed by atoms with E-state index >= 15 is 0 Å². The maximum absolute atomic E-state index is 5.65. The molecule has 1 fully saturated rings. The maximum Gasteiger partial charge on any atom is 0.0542 e. The molecule has 1 aliphatic rings. The second-order valence-corrected chi connectivity index (χ2v) is 5.84. The third-order valence-corrected chi connectivity index (χ3v) is 4.91. The SMILES string of the molecule is CCC1(CC)CCN(Cc2ccnc(CN)c2)CC1. The van der Waals surface area contributed by atoms with Crippen LogP contribution >= 0.6 is 0 Å². The normalized spacial score (nSPS) is 19.5. The van der Waals surface area contributed by atoms with Crippen molar-refractivity contribution in [3.05, 3.63) is 29.6 Å². The minimum absolute atomic E-state index is 0.530. The van der Waals surface area contributed by atoms with Gasteiger partial charge in [0, 0.05) is 19.3 Å². The molecule has 1 aromatic heterocycles. The van der Waals surface area contributed by atoms with Crippen LogP contribution in [0.15, 0.2) is 18.3 Å². The van der Waals surface area contributed by atoms with Gasteiger partial charge in [0.15, 0.2) is 0 Å². The highest BCUT2D eigenvalue weighted by Crippen LogP contribution is 2.38. The average Bonchev–Trinajstić information content (AvgIpc) is 2.48. The van der Waals surface area contributed by atoms with Crippen LogP contribution in [0.25, 0.3) is 0 Å². The molecule has 0 radical (unpaired) electrons. The third-order valence-electron chi connectivity index (χ3n) is 4.91. The molecule has 1 aliphatic heterocycles. The van der Waals surface area contributed by atoms with Crippen molar-refractivity contribution in [1.82, 2.24) is 9.88 Å². The summed E-state index contributed by atoms with van der Waals surface area (Å²) in [6.07, 6.45) is 7.21. The molecule has 3 heteroatoms. The highest BCUT2D eigenvalue weighted by atomic mass is 15.1. The smallest absolute Gasteiger partial charge is 0.0542 e. The van der Waals surface area contributed by atoms with Crippen molar-refractivity contribution in [3.8, 4) is 0 Å². The van der Waals surface area contributed by atoms with Crippen LogP contribution in [-0.4, -0.2) is 23.0 Å². The van der Waals surface area contributed by atoms with Gasteiger partial charge in [-0.3, -0.25) is 9.88 Å². The van der Waals surface area contributed by atoms with Gasteiger partial charge in [0.2, 0.25) is 0 Å². The molecule has 1 aromatic rings. The molecule has 106 valence electrons. The van der Waals surface area contributed by atoms with E-state index in [4.69, 9.17) is 5.73 Å². The zero-order chi connectivity index (χ0) is 13.7. The molecule has 0 bridgehead atoms. The number of pyridine rings is 1. The van der Waals surface area contributed by atoms with E-state index in [2.05, 4.69) is 35.9 Å². The average molecular weight is 261 g/mol. The molecule has 0 aliphatic carbocycles. The van der Waals surface area contributed by atoms with Crippen molar-refractivity contribution in [3.63, 3.8) is 0 Å². The van der Waals surface area contributed by atoms with Crippen molar-refractivity contribution < 1.29 is 0 Å². The van der Waals surface area contributed by atoms with Crippen LogP contribution in [0, 0.1) is 5.41 Å². The molecule has 2 rings (SSSR count). The van der Waals surface area contributed by atoms with E-state index in [1.54, 1.807) is 0 Å². The zero-order valence-corrected chi connectivity index (χ0v) is 12.4. The topological polar surface area (TPSA) is 42.2 Å². The Morgan fingerprint density at radius 2 is 1.95 bits per heavy atom. The second-order valence-electron chi connectivity index (χ2n) is 5.84. The molecule has 1 saturated heterocycles. The van der Waals surface area contributed by atoms with Crippen LogP contribution < -0.4 is 5.73 Å². The van der Waals surface area contributed by atoms with E-state index in [-0.39, 0.29) is 0 Å². The molecule has 0 spiro atoms. The Morgan fingerprint density at radius 3 is 2.53 bits per heavy atom. The van der Waals surface area contributed by atoms with E-state index in [1.165, 1.54) is 44.3 Å². The van der Waals surface area contributed by atoms with Gasteiger partial charge in [-0.2, -0.15) is 0 Å². The summed E-state index contributed by atoms with van der Waals surface area (Å²) < 4.78 is 0. The Balaban J connectivity index is 1.91. The highest BCUT2D eigenvalue weighted by molar-refractivity contribution is 5.16. The number of hydrogen-bond donors (Lipinski definition) is 1. The van der Waals surface area contributed by atoms with Gasteiger partial charge in [-0.05, 0) is 49.0 Å². The molecule has 0 aromatic carbocycles. The summed E-state index contributed by atoms with van der Waals surface area (Å²) in [7, 11) is 0. The number of nitrogens with zero attached hydrogens (tertiary/aromatic N) is 2. The maximum atomic E-state index is 5.65. The van der Waals surface area contributed by atoms with E-state index in [0.29, 0.717) is 12.0 Å². The van der Waals surface area contributed by atoms with Crippen molar-refractivity contribution in [2.75, 3.05) is 13.1 Å². The fraction of sp³-hybridized carbons (Fsp3) is 0.688. The van der Waals surface area contributed by atoms with Crippen LogP contribution in [0.3, 0.4) is 0 Å². The van der Waals surface area contributed by atoms with E-state index in [0.717, 1.165) is 12.2 Å². The van der Waals surface area contributed by atoms with Gasteiger partial charge in [-0.15, -0.1) is 0 Å². The Hall–Kier alpha value is -0.930. The lowest BCUT2D eigenvalue weighted by molar-refractivity contribution is 0.0908. The van der Waals surface area contributed by atoms with Crippen LogP contribution in [-0.2, 0) is 13.1 Å². The largest absolute Gasteiger partial charge is 0.325 e. The summed E-state index contributed by atoms with van der Waals surface area (Å²) in [6.45, 7) is 8.71. The van der Waals surface area contributed by atoms with Crippen molar-refractivity contribution in [2.24, 2.45) is 11.1 Å². The van der Waals surface area contributed by atoms with Crippen LogP contribution in [0.4, 0.5) is 0 Å². The van der Waals surface area contributed by atoms with Crippen LogP contribution in [0.5, 0.6) is 0 Å². The van der Waals surface area contributed by atoms with Crippen molar-refractivity contribution in [2.45, 2.75) is 52.6 Å². The Kier molecular flexibility index (Phi) is 4.94. The zero-order valence-electron chi connectivity index (χ0n) is 12.4. The predicted octanol–water partition coefficient (Wildman–Crippen LogP) is 2.94. The van der Waals surface area contributed by atoms with Gasteiger partial charge < -0.3 is 5.73 Å². The minimum Gasteiger partial charge on any atom is -0.325 e. The Bertz CT molecular complexity index is 389. The molecule has 2 N–H and O–H groups in total. The summed E-state index contributed by atoms with van der Waals surface area (Å²) >= 11 is 0. The number of piperidine rings is 1. The van der Waals surface area contributed by atoms with Crippen LogP contribution in [0.2, 0.25) is 0 Å². The van der Waals surface area contributed by atoms with Gasteiger partial charge in [0.25, 0.3) is 0 Å². The molecule has 19 heavy (non-hydrogen) atoms. The minimum atomic E-state index is 0.530.